The third kappa shape index (κ3) is 3.04. The lowest BCUT2D eigenvalue weighted by Crippen LogP contribution is -1.94. The van der Waals surface area contributed by atoms with Crippen molar-refractivity contribution in [2.45, 2.75) is 0 Å². The van der Waals surface area contributed by atoms with Crippen LogP contribution in [0.1, 0.15) is 0 Å². The van der Waals surface area contributed by atoms with Crippen molar-refractivity contribution in [2.24, 2.45) is 4.99 Å². The standard InChI is InChI=1S/C13H14N4/c1-2-8-14-10-15-12-5-3-11(4-6-12)13-7-9-16-17-13/h2-7,9-10H,1,8H2,(H,14,15)(H,16,17). The fourth-order valence-electron chi connectivity index (χ4n) is 1.41. The minimum Gasteiger partial charge on any atom is -0.347 e. The molecule has 0 bridgehead atoms. The highest BCUT2D eigenvalue weighted by Gasteiger charge is 1.97. The molecule has 2 N–H and O–H groups in total. The first kappa shape index (κ1) is 11.1. The van der Waals surface area contributed by atoms with Crippen LogP contribution in [0.25, 0.3) is 11.3 Å². The predicted octanol–water partition coefficient (Wildman–Crippen LogP) is 2.70. The topological polar surface area (TPSA) is 53.1 Å². The molecule has 4 nitrogen and oxygen atoms in total. The van der Waals surface area contributed by atoms with Crippen LogP contribution in [0.5, 0.6) is 0 Å². The monoisotopic (exact) mass is 226 g/mol. The Morgan fingerprint density at radius 3 is 2.76 bits per heavy atom. The summed E-state index contributed by atoms with van der Waals surface area (Å²) in [7, 11) is 0. The van der Waals surface area contributed by atoms with Crippen LogP contribution in [0, 0.1) is 0 Å². The third-order valence-electron chi connectivity index (χ3n) is 2.25. The molecule has 17 heavy (non-hydrogen) atoms. The fourth-order valence-corrected chi connectivity index (χ4v) is 1.41. The Labute approximate surface area is 100 Å². The highest BCUT2D eigenvalue weighted by atomic mass is 15.1. The van der Waals surface area contributed by atoms with Gasteiger partial charge in [-0.05, 0) is 23.8 Å². The smallest absolute Gasteiger partial charge is 0.0871 e. The van der Waals surface area contributed by atoms with E-state index in [1.807, 2.05) is 30.3 Å². The van der Waals surface area contributed by atoms with Gasteiger partial charge in [-0.1, -0.05) is 18.2 Å². The summed E-state index contributed by atoms with van der Waals surface area (Å²) in [5.41, 5.74) is 3.12. The highest BCUT2D eigenvalue weighted by Crippen LogP contribution is 2.18. The summed E-state index contributed by atoms with van der Waals surface area (Å²) in [6, 6.07) is 9.98. The second-order valence-corrected chi connectivity index (χ2v) is 3.47. The van der Waals surface area contributed by atoms with Gasteiger partial charge in [-0.25, -0.2) is 0 Å². The van der Waals surface area contributed by atoms with E-state index >= 15 is 0 Å². The summed E-state index contributed by atoms with van der Waals surface area (Å²) >= 11 is 0. The van der Waals surface area contributed by atoms with Crippen LogP contribution in [-0.4, -0.2) is 23.1 Å². The minimum atomic E-state index is 0.624. The Bertz CT molecular complexity index is 483. The number of anilines is 1. The van der Waals surface area contributed by atoms with Crippen LogP contribution in [0.3, 0.4) is 0 Å². The maximum absolute atomic E-state index is 4.09. The average molecular weight is 226 g/mol. The van der Waals surface area contributed by atoms with Crippen molar-refractivity contribution in [2.75, 3.05) is 11.9 Å². The van der Waals surface area contributed by atoms with Crippen LogP contribution >= 0.6 is 0 Å². The van der Waals surface area contributed by atoms with E-state index in [-0.39, 0.29) is 0 Å². The van der Waals surface area contributed by atoms with Crippen LogP contribution in [-0.2, 0) is 0 Å². The van der Waals surface area contributed by atoms with E-state index in [0.717, 1.165) is 16.9 Å². The number of benzene rings is 1. The van der Waals surface area contributed by atoms with Crippen LogP contribution in [0.4, 0.5) is 5.69 Å². The number of nitrogens with one attached hydrogen (secondary N) is 2. The zero-order chi connectivity index (χ0) is 11.9. The number of hydrogen-bond acceptors (Lipinski definition) is 2. The molecule has 0 aliphatic heterocycles. The van der Waals surface area contributed by atoms with Gasteiger partial charge in [0.05, 0.1) is 18.6 Å². The molecule has 4 heteroatoms. The van der Waals surface area contributed by atoms with Gasteiger partial charge >= 0.3 is 0 Å². The zero-order valence-corrected chi connectivity index (χ0v) is 9.43. The summed E-state index contributed by atoms with van der Waals surface area (Å²) in [4.78, 5) is 4.09. The van der Waals surface area contributed by atoms with Gasteiger partial charge in [0.25, 0.3) is 0 Å². The van der Waals surface area contributed by atoms with Crippen molar-refractivity contribution < 1.29 is 0 Å². The lowest BCUT2D eigenvalue weighted by atomic mass is 10.1. The number of hydrogen-bond donors (Lipinski definition) is 2. The summed E-state index contributed by atoms with van der Waals surface area (Å²) in [5, 5.41) is 9.93. The van der Waals surface area contributed by atoms with Gasteiger partial charge in [0.15, 0.2) is 0 Å². The van der Waals surface area contributed by atoms with E-state index in [1.165, 1.54) is 0 Å². The number of H-pyrrole nitrogens is 1. The van der Waals surface area contributed by atoms with Gasteiger partial charge in [0.1, 0.15) is 0 Å². The zero-order valence-electron chi connectivity index (χ0n) is 9.43. The number of nitrogens with zero attached hydrogens (tertiary/aromatic N) is 2. The molecule has 0 fully saturated rings. The van der Waals surface area contributed by atoms with E-state index < -0.39 is 0 Å². The number of aromatic nitrogens is 2. The molecule has 0 atom stereocenters. The van der Waals surface area contributed by atoms with Gasteiger partial charge in [-0.2, -0.15) is 5.10 Å². The van der Waals surface area contributed by atoms with Crippen LogP contribution in [0.15, 0.2) is 54.2 Å². The highest BCUT2D eigenvalue weighted by molar-refractivity contribution is 5.76. The molecule has 0 aliphatic carbocycles. The number of aromatic amines is 1. The van der Waals surface area contributed by atoms with Crippen molar-refractivity contribution in [3.05, 3.63) is 49.2 Å². The van der Waals surface area contributed by atoms with Crippen molar-refractivity contribution in [1.82, 2.24) is 10.2 Å². The van der Waals surface area contributed by atoms with Crippen molar-refractivity contribution in [3.63, 3.8) is 0 Å². The second kappa shape index (κ2) is 5.65. The Morgan fingerprint density at radius 1 is 1.29 bits per heavy atom. The normalized spacial score (nSPS) is 10.6. The lowest BCUT2D eigenvalue weighted by molar-refractivity contribution is 1.10. The Hall–Kier alpha value is -2.36. The number of rotatable bonds is 5. The van der Waals surface area contributed by atoms with E-state index in [9.17, 15) is 0 Å². The average Bonchev–Trinajstić information content (AvgIpc) is 2.89. The Kier molecular flexibility index (Phi) is 3.70. The molecule has 0 aliphatic rings. The van der Waals surface area contributed by atoms with E-state index in [0.29, 0.717) is 6.54 Å². The summed E-state index contributed by atoms with van der Waals surface area (Å²) < 4.78 is 0. The summed E-state index contributed by atoms with van der Waals surface area (Å²) in [5.74, 6) is 0. The summed E-state index contributed by atoms with van der Waals surface area (Å²) in [6.07, 6.45) is 5.16. The number of aliphatic imine (C=N–C) groups is 1. The molecule has 2 rings (SSSR count). The first-order valence-corrected chi connectivity index (χ1v) is 5.35. The molecule has 1 heterocycles. The van der Waals surface area contributed by atoms with Crippen LogP contribution < -0.4 is 5.32 Å². The maximum Gasteiger partial charge on any atom is 0.0871 e. The van der Waals surface area contributed by atoms with Crippen molar-refractivity contribution in [3.8, 4) is 11.3 Å². The van der Waals surface area contributed by atoms with Gasteiger partial charge in [0, 0.05) is 11.9 Å². The quantitative estimate of drug-likeness (QED) is 0.468. The molecule has 86 valence electrons. The molecule has 0 spiro atoms. The van der Waals surface area contributed by atoms with Gasteiger partial charge < -0.3 is 5.32 Å². The Balaban J connectivity index is 2.01. The minimum absolute atomic E-state index is 0.624. The SMILES string of the molecule is C=CCN=CNc1ccc(-c2ccn[nH]2)cc1. The molecule has 2 aromatic rings. The van der Waals surface area contributed by atoms with E-state index in [2.05, 4.69) is 27.1 Å². The first-order chi connectivity index (χ1) is 8.40. The maximum atomic E-state index is 4.09. The molecular formula is C13H14N4. The first-order valence-electron chi connectivity index (χ1n) is 5.35. The molecule has 0 unspecified atom stereocenters. The van der Waals surface area contributed by atoms with E-state index in [1.54, 1.807) is 18.6 Å². The second-order valence-electron chi connectivity index (χ2n) is 3.47. The Morgan fingerprint density at radius 2 is 2.12 bits per heavy atom. The van der Waals surface area contributed by atoms with Gasteiger partial charge in [0.2, 0.25) is 0 Å². The van der Waals surface area contributed by atoms with Gasteiger partial charge in [-0.15, -0.1) is 6.58 Å². The van der Waals surface area contributed by atoms with Crippen LogP contribution in [0.2, 0.25) is 0 Å². The summed E-state index contributed by atoms with van der Waals surface area (Å²) in [6.45, 7) is 4.22. The predicted molar refractivity (Wildman–Crippen MR) is 71.2 cm³/mol. The van der Waals surface area contributed by atoms with Crippen molar-refractivity contribution in [1.29, 1.82) is 0 Å². The molecule has 0 saturated heterocycles. The molecular weight excluding hydrogens is 212 g/mol. The van der Waals surface area contributed by atoms with E-state index in [4.69, 9.17) is 0 Å². The molecule has 0 amide bonds. The molecule has 1 aromatic carbocycles. The fraction of sp³-hybridized carbons (Fsp3) is 0.0769. The molecule has 0 saturated carbocycles. The third-order valence-corrected chi connectivity index (χ3v) is 2.25. The molecule has 0 radical (unpaired) electrons. The van der Waals surface area contributed by atoms with Gasteiger partial charge in [-0.3, -0.25) is 10.1 Å². The largest absolute Gasteiger partial charge is 0.347 e. The van der Waals surface area contributed by atoms with Crippen molar-refractivity contribution >= 4 is 12.0 Å². The molecule has 1 aromatic heterocycles. The lowest BCUT2D eigenvalue weighted by Gasteiger charge is -2.01.